The Balaban J connectivity index is 1.97. The van der Waals surface area contributed by atoms with Crippen LogP contribution in [0.1, 0.15) is 0 Å². The van der Waals surface area contributed by atoms with E-state index >= 15 is 0 Å². The van der Waals surface area contributed by atoms with E-state index in [1.165, 1.54) is 0 Å². The van der Waals surface area contributed by atoms with Crippen molar-refractivity contribution < 1.29 is 9.53 Å². The Kier molecular flexibility index (Phi) is 3.87. The summed E-state index contributed by atoms with van der Waals surface area (Å²) in [6.45, 7) is 0. The molecule has 0 radical (unpaired) electrons. The number of carbonyl (C=O) groups excluding carboxylic acids is 1. The molecule has 0 bridgehead atoms. The third kappa shape index (κ3) is 3.64. The van der Waals surface area contributed by atoms with Crippen molar-refractivity contribution in [3.05, 3.63) is 48.5 Å². The number of nitrogen functional groups attached to an aromatic ring is 1. The number of anilines is 3. The first-order valence-electron chi connectivity index (χ1n) is 5.75. The summed E-state index contributed by atoms with van der Waals surface area (Å²) in [4.78, 5) is 11.8. The molecule has 0 aliphatic carbocycles. The smallest absolute Gasteiger partial charge is 0.323 e. The van der Waals surface area contributed by atoms with Crippen LogP contribution in [0.5, 0.6) is 5.75 Å². The van der Waals surface area contributed by atoms with Gasteiger partial charge in [-0.25, -0.2) is 4.79 Å². The van der Waals surface area contributed by atoms with Gasteiger partial charge in [-0.3, -0.25) is 0 Å². The minimum absolute atomic E-state index is 0.323. The van der Waals surface area contributed by atoms with E-state index in [2.05, 4.69) is 10.6 Å². The lowest BCUT2D eigenvalue weighted by molar-refractivity contribution is 0.262. The number of ether oxygens (including phenoxy) is 1. The molecule has 4 N–H and O–H groups in total. The van der Waals surface area contributed by atoms with E-state index in [-0.39, 0.29) is 6.03 Å². The first kappa shape index (κ1) is 12.8. The van der Waals surface area contributed by atoms with Gasteiger partial charge in [0.2, 0.25) is 0 Å². The SMILES string of the molecule is COc1ccc(NC(=O)Nc2cccc(N)c2)cc1. The van der Waals surface area contributed by atoms with Crippen LogP contribution in [0.15, 0.2) is 48.5 Å². The second kappa shape index (κ2) is 5.77. The summed E-state index contributed by atoms with van der Waals surface area (Å²) in [7, 11) is 1.59. The summed E-state index contributed by atoms with van der Waals surface area (Å²) in [5.74, 6) is 0.738. The van der Waals surface area contributed by atoms with Crippen molar-refractivity contribution in [2.45, 2.75) is 0 Å². The number of benzene rings is 2. The summed E-state index contributed by atoms with van der Waals surface area (Å²) < 4.78 is 5.04. The lowest BCUT2D eigenvalue weighted by atomic mass is 10.3. The van der Waals surface area contributed by atoms with E-state index in [9.17, 15) is 4.79 Å². The van der Waals surface area contributed by atoms with Gasteiger partial charge in [-0.15, -0.1) is 0 Å². The van der Waals surface area contributed by atoms with Crippen molar-refractivity contribution in [1.82, 2.24) is 0 Å². The minimum atomic E-state index is -0.323. The van der Waals surface area contributed by atoms with E-state index in [1.54, 1.807) is 55.6 Å². The number of hydrogen-bond acceptors (Lipinski definition) is 3. The molecule has 0 aliphatic heterocycles. The quantitative estimate of drug-likeness (QED) is 0.740. The van der Waals surface area contributed by atoms with Crippen LogP contribution in [0.3, 0.4) is 0 Å². The Labute approximate surface area is 111 Å². The van der Waals surface area contributed by atoms with Crippen LogP contribution in [0.4, 0.5) is 21.9 Å². The number of urea groups is 1. The molecule has 0 atom stereocenters. The summed E-state index contributed by atoms with van der Waals surface area (Å²) in [5, 5.41) is 5.41. The molecule has 0 unspecified atom stereocenters. The van der Waals surface area contributed by atoms with E-state index in [1.807, 2.05) is 0 Å². The van der Waals surface area contributed by atoms with Gasteiger partial charge in [0, 0.05) is 17.1 Å². The van der Waals surface area contributed by atoms with E-state index in [0.717, 1.165) is 5.75 Å². The van der Waals surface area contributed by atoms with Crippen LogP contribution in [-0.4, -0.2) is 13.1 Å². The molecule has 0 saturated carbocycles. The number of hydrogen-bond donors (Lipinski definition) is 3. The summed E-state index contributed by atoms with van der Waals surface area (Å²) in [6, 6.07) is 13.7. The molecule has 5 heteroatoms. The topological polar surface area (TPSA) is 76.4 Å². The van der Waals surface area contributed by atoms with Crippen LogP contribution in [0, 0.1) is 0 Å². The van der Waals surface area contributed by atoms with Crippen molar-refractivity contribution in [3.8, 4) is 5.75 Å². The van der Waals surface area contributed by atoms with Gasteiger partial charge >= 0.3 is 6.03 Å². The van der Waals surface area contributed by atoms with Gasteiger partial charge in [0.15, 0.2) is 0 Å². The highest BCUT2D eigenvalue weighted by atomic mass is 16.5. The van der Waals surface area contributed by atoms with Gasteiger partial charge in [-0.1, -0.05) is 6.07 Å². The lowest BCUT2D eigenvalue weighted by Gasteiger charge is -2.08. The third-order valence-electron chi connectivity index (χ3n) is 2.49. The summed E-state index contributed by atoms with van der Waals surface area (Å²) in [5.41, 5.74) is 7.56. The van der Waals surface area contributed by atoms with Gasteiger partial charge in [0.05, 0.1) is 7.11 Å². The fourth-order valence-corrected chi connectivity index (χ4v) is 1.58. The van der Waals surface area contributed by atoms with Gasteiger partial charge in [0.25, 0.3) is 0 Å². The highest BCUT2D eigenvalue weighted by Gasteiger charge is 2.02. The zero-order valence-corrected chi connectivity index (χ0v) is 10.5. The predicted octanol–water partition coefficient (Wildman–Crippen LogP) is 2.92. The van der Waals surface area contributed by atoms with Gasteiger partial charge in [-0.05, 0) is 42.5 Å². The number of nitrogens with two attached hydrogens (primary N) is 1. The molecule has 19 heavy (non-hydrogen) atoms. The average molecular weight is 257 g/mol. The molecule has 0 aliphatic rings. The molecule has 2 rings (SSSR count). The molecule has 0 heterocycles. The molecule has 5 nitrogen and oxygen atoms in total. The van der Waals surface area contributed by atoms with Crippen molar-refractivity contribution in [3.63, 3.8) is 0 Å². The van der Waals surface area contributed by atoms with Gasteiger partial charge in [0.1, 0.15) is 5.75 Å². The summed E-state index contributed by atoms with van der Waals surface area (Å²) >= 11 is 0. The number of methoxy groups -OCH3 is 1. The average Bonchev–Trinajstić information content (AvgIpc) is 2.39. The Morgan fingerprint density at radius 1 is 1.05 bits per heavy atom. The number of rotatable bonds is 3. The first-order chi connectivity index (χ1) is 9.17. The molecule has 2 aromatic rings. The fourth-order valence-electron chi connectivity index (χ4n) is 1.58. The van der Waals surface area contributed by atoms with Gasteiger partial charge < -0.3 is 21.1 Å². The predicted molar refractivity (Wildman–Crippen MR) is 76.5 cm³/mol. The van der Waals surface area contributed by atoms with Crippen molar-refractivity contribution in [2.75, 3.05) is 23.5 Å². The molecule has 0 spiro atoms. The molecular formula is C14H15N3O2. The normalized spacial score (nSPS) is 9.74. The highest BCUT2D eigenvalue weighted by molar-refractivity contribution is 5.99. The maximum absolute atomic E-state index is 11.8. The molecule has 0 saturated heterocycles. The van der Waals surface area contributed by atoms with E-state index in [0.29, 0.717) is 17.1 Å². The maximum atomic E-state index is 11.8. The molecule has 2 amide bonds. The zero-order valence-electron chi connectivity index (χ0n) is 10.5. The molecule has 2 aromatic carbocycles. The fraction of sp³-hybridized carbons (Fsp3) is 0.0714. The van der Waals surface area contributed by atoms with Crippen LogP contribution >= 0.6 is 0 Å². The summed E-state index contributed by atoms with van der Waals surface area (Å²) in [6.07, 6.45) is 0. The number of nitrogens with one attached hydrogen (secondary N) is 2. The van der Waals surface area contributed by atoms with Crippen molar-refractivity contribution in [2.24, 2.45) is 0 Å². The van der Waals surface area contributed by atoms with E-state index < -0.39 is 0 Å². The molecular weight excluding hydrogens is 242 g/mol. The van der Waals surface area contributed by atoms with Crippen LogP contribution < -0.4 is 21.1 Å². The Bertz CT molecular complexity index is 567. The second-order valence-corrected chi connectivity index (χ2v) is 3.93. The third-order valence-corrected chi connectivity index (χ3v) is 2.49. The molecule has 0 fully saturated rings. The lowest BCUT2D eigenvalue weighted by Crippen LogP contribution is -2.19. The highest BCUT2D eigenvalue weighted by Crippen LogP contribution is 2.16. The van der Waals surface area contributed by atoms with Gasteiger partial charge in [-0.2, -0.15) is 0 Å². The second-order valence-electron chi connectivity index (χ2n) is 3.93. The molecule has 0 aromatic heterocycles. The zero-order chi connectivity index (χ0) is 13.7. The van der Waals surface area contributed by atoms with Crippen LogP contribution in [0.25, 0.3) is 0 Å². The number of carbonyl (C=O) groups is 1. The van der Waals surface area contributed by atoms with Crippen molar-refractivity contribution in [1.29, 1.82) is 0 Å². The number of amides is 2. The Morgan fingerprint density at radius 3 is 2.37 bits per heavy atom. The monoisotopic (exact) mass is 257 g/mol. The van der Waals surface area contributed by atoms with E-state index in [4.69, 9.17) is 10.5 Å². The molecule has 98 valence electrons. The van der Waals surface area contributed by atoms with Crippen LogP contribution in [-0.2, 0) is 0 Å². The maximum Gasteiger partial charge on any atom is 0.323 e. The largest absolute Gasteiger partial charge is 0.497 e. The Morgan fingerprint density at radius 2 is 1.74 bits per heavy atom. The Hall–Kier alpha value is -2.69. The van der Waals surface area contributed by atoms with Crippen molar-refractivity contribution >= 4 is 23.1 Å². The van der Waals surface area contributed by atoms with Crippen LogP contribution in [0.2, 0.25) is 0 Å². The standard InChI is InChI=1S/C14H15N3O2/c1-19-13-7-5-11(6-8-13)16-14(18)17-12-4-2-3-10(15)9-12/h2-9H,15H2,1H3,(H2,16,17,18). The minimum Gasteiger partial charge on any atom is -0.497 e. The first-order valence-corrected chi connectivity index (χ1v) is 5.75.